The van der Waals surface area contributed by atoms with E-state index in [0.29, 0.717) is 30.9 Å². The molecule has 1 saturated heterocycles. The first-order valence-corrected chi connectivity index (χ1v) is 10.1. The van der Waals surface area contributed by atoms with Crippen LogP contribution in [0.3, 0.4) is 0 Å². The van der Waals surface area contributed by atoms with Crippen molar-refractivity contribution in [3.8, 4) is 5.75 Å². The molecule has 0 saturated carbocycles. The Hall–Kier alpha value is -3.16. The molecule has 0 bridgehead atoms. The van der Waals surface area contributed by atoms with Gasteiger partial charge in [0.25, 0.3) is 5.91 Å². The van der Waals surface area contributed by atoms with Gasteiger partial charge in [0.05, 0.1) is 18.4 Å². The zero-order valence-corrected chi connectivity index (χ0v) is 17.3. The number of rotatable bonds is 7. The molecule has 0 spiro atoms. The maximum atomic E-state index is 12.6. The molecule has 3 rings (SSSR count). The van der Waals surface area contributed by atoms with Crippen molar-refractivity contribution in [3.63, 3.8) is 0 Å². The lowest BCUT2D eigenvalue weighted by molar-refractivity contribution is -0.163. The Morgan fingerprint density at radius 2 is 1.63 bits per heavy atom. The number of nitrogens with zero attached hydrogens (tertiary/aromatic N) is 1. The molecule has 1 aliphatic carbocycles. The summed E-state index contributed by atoms with van der Waals surface area (Å²) in [6.07, 6.45) is 3.66. The number of carbonyl (C=O) groups excluding carboxylic acids is 4. The van der Waals surface area contributed by atoms with Gasteiger partial charge < -0.3 is 14.8 Å². The van der Waals surface area contributed by atoms with Gasteiger partial charge in [-0.25, -0.2) is 4.79 Å². The molecular weight excluding hydrogens is 388 g/mol. The summed E-state index contributed by atoms with van der Waals surface area (Å²) in [6.45, 7) is 5.30. The van der Waals surface area contributed by atoms with Crippen molar-refractivity contribution >= 4 is 29.4 Å². The second kappa shape index (κ2) is 9.11. The molecule has 2 aliphatic rings. The minimum atomic E-state index is -1.09. The first-order chi connectivity index (χ1) is 14.3. The number of hydrogen-bond acceptors (Lipinski definition) is 6. The summed E-state index contributed by atoms with van der Waals surface area (Å²) < 4.78 is 10.6. The first-order valence-electron chi connectivity index (χ1n) is 10.1. The number of fused-ring (bicyclic) bond motifs is 1. The van der Waals surface area contributed by atoms with Crippen LogP contribution >= 0.6 is 0 Å². The van der Waals surface area contributed by atoms with Crippen LogP contribution in [-0.4, -0.2) is 47.3 Å². The largest absolute Gasteiger partial charge is 0.494 e. The van der Waals surface area contributed by atoms with Crippen molar-refractivity contribution in [3.05, 3.63) is 36.4 Å². The second-order valence-corrected chi connectivity index (χ2v) is 7.40. The van der Waals surface area contributed by atoms with Gasteiger partial charge in [-0.3, -0.25) is 19.3 Å². The molecule has 8 nitrogen and oxygen atoms in total. The Morgan fingerprint density at radius 3 is 2.17 bits per heavy atom. The van der Waals surface area contributed by atoms with Gasteiger partial charge in [-0.1, -0.05) is 12.2 Å². The fraction of sp³-hybridized carbons (Fsp3) is 0.455. The highest BCUT2D eigenvalue weighted by molar-refractivity contribution is 6.08. The number of likely N-dealkylation sites (tertiary alicyclic amines) is 1. The first kappa shape index (κ1) is 21.5. The Labute approximate surface area is 175 Å². The SMILES string of the molecule is CCOc1ccc(NC(=O)[C@H](C)OC(=O)[C@H](C)N2C(=O)[C@H]3CC=CC[C@@H]3C2=O)cc1. The summed E-state index contributed by atoms with van der Waals surface area (Å²) >= 11 is 0. The molecule has 0 radical (unpaired) electrons. The third-order valence-electron chi connectivity index (χ3n) is 5.37. The van der Waals surface area contributed by atoms with Crippen molar-refractivity contribution in [1.29, 1.82) is 0 Å². The van der Waals surface area contributed by atoms with Crippen molar-refractivity contribution in [1.82, 2.24) is 4.90 Å². The van der Waals surface area contributed by atoms with Crippen LogP contribution in [0.5, 0.6) is 5.75 Å². The van der Waals surface area contributed by atoms with Gasteiger partial charge in [-0.15, -0.1) is 0 Å². The predicted molar refractivity (Wildman–Crippen MR) is 108 cm³/mol. The van der Waals surface area contributed by atoms with Gasteiger partial charge >= 0.3 is 5.97 Å². The lowest BCUT2D eigenvalue weighted by atomic mass is 9.85. The van der Waals surface area contributed by atoms with E-state index in [4.69, 9.17) is 9.47 Å². The lowest BCUT2D eigenvalue weighted by Crippen LogP contribution is -2.46. The quantitative estimate of drug-likeness (QED) is 0.417. The number of nitrogens with one attached hydrogen (secondary N) is 1. The maximum absolute atomic E-state index is 12.6. The van der Waals surface area contributed by atoms with Gasteiger partial charge in [0.2, 0.25) is 11.8 Å². The maximum Gasteiger partial charge on any atom is 0.329 e. The molecule has 4 atom stereocenters. The highest BCUT2D eigenvalue weighted by atomic mass is 16.5. The molecule has 1 heterocycles. The van der Waals surface area contributed by atoms with E-state index in [0.717, 1.165) is 4.90 Å². The number of carbonyl (C=O) groups is 4. The van der Waals surface area contributed by atoms with Crippen LogP contribution in [0.25, 0.3) is 0 Å². The van der Waals surface area contributed by atoms with Crippen LogP contribution in [0.15, 0.2) is 36.4 Å². The summed E-state index contributed by atoms with van der Waals surface area (Å²) in [5, 5.41) is 2.66. The van der Waals surface area contributed by atoms with Crippen LogP contribution in [0.1, 0.15) is 33.6 Å². The number of allylic oxidation sites excluding steroid dienone is 2. The van der Waals surface area contributed by atoms with Gasteiger partial charge in [0, 0.05) is 5.69 Å². The average Bonchev–Trinajstić information content (AvgIpc) is 2.99. The Bertz CT molecular complexity index is 837. The molecule has 1 N–H and O–H groups in total. The smallest absolute Gasteiger partial charge is 0.329 e. The number of esters is 1. The minimum absolute atomic E-state index is 0.356. The monoisotopic (exact) mass is 414 g/mol. The lowest BCUT2D eigenvalue weighted by Gasteiger charge is -2.23. The van der Waals surface area contributed by atoms with Gasteiger partial charge in [-0.2, -0.15) is 0 Å². The van der Waals surface area contributed by atoms with E-state index >= 15 is 0 Å². The summed E-state index contributed by atoms with van der Waals surface area (Å²) in [7, 11) is 0. The summed E-state index contributed by atoms with van der Waals surface area (Å²) in [5.41, 5.74) is 0.529. The van der Waals surface area contributed by atoms with Crippen LogP contribution in [0.2, 0.25) is 0 Å². The van der Waals surface area contributed by atoms with E-state index in [2.05, 4.69) is 5.32 Å². The topological polar surface area (TPSA) is 102 Å². The number of ether oxygens (including phenoxy) is 2. The molecule has 1 aliphatic heterocycles. The molecule has 1 fully saturated rings. The fourth-order valence-electron chi connectivity index (χ4n) is 3.68. The standard InChI is InChI=1S/C22H26N2O6/c1-4-29-16-11-9-15(10-12-16)23-19(25)14(3)30-22(28)13(2)24-20(26)17-7-5-6-8-18(17)21(24)27/h5-6,9-14,17-18H,4,7-8H2,1-3H3,(H,23,25)/t13-,14-,17-,18-/m0/s1. The van der Waals surface area contributed by atoms with Crippen LogP contribution in [0, 0.1) is 11.8 Å². The van der Waals surface area contributed by atoms with E-state index in [1.54, 1.807) is 24.3 Å². The number of benzene rings is 1. The van der Waals surface area contributed by atoms with E-state index < -0.39 is 35.9 Å². The van der Waals surface area contributed by atoms with Crippen LogP contribution in [0.4, 0.5) is 5.69 Å². The molecule has 0 aromatic heterocycles. The summed E-state index contributed by atoms with van der Waals surface area (Å²) in [5.74, 6) is -2.18. The molecule has 0 unspecified atom stereocenters. The molecular formula is C22H26N2O6. The zero-order chi connectivity index (χ0) is 21.8. The van der Waals surface area contributed by atoms with Gasteiger partial charge in [0.1, 0.15) is 11.8 Å². The average molecular weight is 414 g/mol. The molecule has 160 valence electrons. The molecule has 1 aromatic carbocycles. The van der Waals surface area contributed by atoms with E-state index in [-0.39, 0.29) is 11.8 Å². The number of amides is 3. The van der Waals surface area contributed by atoms with Crippen molar-refractivity contribution in [2.24, 2.45) is 11.8 Å². The second-order valence-electron chi connectivity index (χ2n) is 7.40. The Morgan fingerprint density at radius 1 is 1.07 bits per heavy atom. The summed E-state index contributed by atoms with van der Waals surface area (Å²) in [4.78, 5) is 51.1. The zero-order valence-electron chi connectivity index (χ0n) is 17.3. The van der Waals surface area contributed by atoms with Crippen molar-refractivity contribution in [2.75, 3.05) is 11.9 Å². The Balaban J connectivity index is 1.57. The third-order valence-corrected chi connectivity index (χ3v) is 5.37. The van der Waals surface area contributed by atoms with Crippen LogP contribution in [-0.2, 0) is 23.9 Å². The molecule has 1 aromatic rings. The highest BCUT2D eigenvalue weighted by Gasteiger charge is 2.50. The van der Waals surface area contributed by atoms with Crippen LogP contribution < -0.4 is 10.1 Å². The number of imide groups is 1. The van der Waals surface area contributed by atoms with E-state index in [9.17, 15) is 19.2 Å². The predicted octanol–water partition coefficient (Wildman–Crippen LogP) is 2.30. The number of anilines is 1. The normalized spacial score (nSPS) is 22.3. The third kappa shape index (κ3) is 4.37. The van der Waals surface area contributed by atoms with E-state index in [1.807, 2.05) is 19.1 Å². The molecule has 3 amide bonds. The highest BCUT2D eigenvalue weighted by Crippen LogP contribution is 2.36. The minimum Gasteiger partial charge on any atom is -0.494 e. The Kier molecular flexibility index (Phi) is 6.54. The van der Waals surface area contributed by atoms with Gasteiger partial charge in [-0.05, 0) is 57.9 Å². The van der Waals surface area contributed by atoms with E-state index in [1.165, 1.54) is 13.8 Å². The molecule has 30 heavy (non-hydrogen) atoms. The van der Waals surface area contributed by atoms with Crippen molar-refractivity contribution in [2.45, 2.75) is 45.8 Å². The van der Waals surface area contributed by atoms with Crippen molar-refractivity contribution < 1.29 is 28.7 Å². The van der Waals surface area contributed by atoms with Gasteiger partial charge in [0.15, 0.2) is 6.10 Å². The molecule has 8 heteroatoms. The fourth-order valence-corrected chi connectivity index (χ4v) is 3.68. The number of hydrogen-bond donors (Lipinski definition) is 1. The summed E-state index contributed by atoms with van der Waals surface area (Å²) in [6, 6.07) is 5.71.